The highest BCUT2D eigenvalue weighted by Gasteiger charge is 2.39. The summed E-state index contributed by atoms with van der Waals surface area (Å²) in [5.74, 6) is 0. The van der Waals surface area contributed by atoms with Crippen molar-refractivity contribution in [2.24, 2.45) is 0 Å². The molecule has 8 aromatic carbocycles. The number of para-hydroxylation sites is 2. The second-order valence-corrected chi connectivity index (χ2v) is 16.5. The van der Waals surface area contributed by atoms with Crippen molar-refractivity contribution in [2.75, 3.05) is 4.90 Å². The van der Waals surface area contributed by atoms with Crippen molar-refractivity contribution in [3.63, 3.8) is 0 Å². The summed E-state index contributed by atoms with van der Waals surface area (Å²) < 4.78 is 6.43. The Morgan fingerprint density at radius 3 is 1.84 bits per heavy atom. The SMILES string of the molecule is CC1(C)c2ccccc2-c2c(N(c3cccc(-c4cccc5c4C(C)(C)c4ccccc4-5)c3)c3ccccc3-c3ccc4c(c3)oc3ccccc34)cccc21. The lowest BCUT2D eigenvalue weighted by Gasteiger charge is -2.31. The molecular formula is C54H41NO. The van der Waals surface area contributed by atoms with Gasteiger partial charge in [-0.05, 0) is 98.1 Å². The van der Waals surface area contributed by atoms with Crippen LogP contribution >= 0.6 is 0 Å². The number of hydrogen-bond acceptors (Lipinski definition) is 2. The van der Waals surface area contributed by atoms with Crippen LogP contribution in [0, 0.1) is 0 Å². The molecule has 0 radical (unpaired) electrons. The molecule has 1 heterocycles. The number of benzene rings is 8. The molecule has 268 valence electrons. The van der Waals surface area contributed by atoms with Gasteiger partial charge in [-0.2, -0.15) is 0 Å². The zero-order valence-electron chi connectivity index (χ0n) is 32.1. The molecule has 56 heavy (non-hydrogen) atoms. The summed E-state index contributed by atoms with van der Waals surface area (Å²) in [4.78, 5) is 2.50. The molecule has 0 saturated heterocycles. The highest BCUT2D eigenvalue weighted by molar-refractivity contribution is 6.07. The van der Waals surface area contributed by atoms with Crippen LogP contribution in [0.4, 0.5) is 17.1 Å². The zero-order valence-corrected chi connectivity index (χ0v) is 32.1. The molecular weight excluding hydrogens is 679 g/mol. The number of anilines is 3. The quantitative estimate of drug-likeness (QED) is 0.176. The Labute approximate surface area is 328 Å². The maximum atomic E-state index is 6.43. The first-order chi connectivity index (χ1) is 27.3. The first kappa shape index (κ1) is 32.8. The van der Waals surface area contributed by atoms with Crippen LogP contribution in [0.2, 0.25) is 0 Å². The van der Waals surface area contributed by atoms with E-state index in [2.05, 4.69) is 202 Å². The van der Waals surface area contributed by atoms with Crippen LogP contribution < -0.4 is 4.90 Å². The molecule has 0 atom stereocenters. The molecule has 0 bridgehead atoms. The highest BCUT2D eigenvalue weighted by atomic mass is 16.3. The Hall–Kier alpha value is -6.64. The fourth-order valence-electron chi connectivity index (χ4n) is 10.0. The lowest BCUT2D eigenvalue weighted by molar-refractivity contribution is 0.660. The number of furan rings is 1. The highest BCUT2D eigenvalue weighted by Crippen LogP contribution is 2.56. The van der Waals surface area contributed by atoms with Gasteiger partial charge in [0.2, 0.25) is 0 Å². The van der Waals surface area contributed by atoms with Crippen LogP contribution in [0.5, 0.6) is 0 Å². The molecule has 1 aromatic heterocycles. The van der Waals surface area contributed by atoms with E-state index in [4.69, 9.17) is 4.42 Å². The number of hydrogen-bond donors (Lipinski definition) is 0. The van der Waals surface area contributed by atoms with Crippen LogP contribution in [0.25, 0.3) is 66.4 Å². The zero-order chi connectivity index (χ0) is 37.8. The number of fused-ring (bicyclic) bond motifs is 9. The van der Waals surface area contributed by atoms with Gasteiger partial charge in [-0.3, -0.25) is 0 Å². The van der Waals surface area contributed by atoms with E-state index in [0.717, 1.165) is 44.4 Å². The Balaban J connectivity index is 1.15. The van der Waals surface area contributed by atoms with E-state index in [1.54, 1.807) is 0 Å². The van der Waals surface area contributed by atoms with Gasteiger partial charge in [0.25, 0.3) is 0 Å². The Morgan fingerprint density at radius 2 is 0.982 bits per heavy atom. The van der Waals surface area contributed by atoms with E-state index in [1.807, 2.05) is 6.07 Å². The number of nitrogens with zero attached hydrogens (tertiary/aromatic N) is 1. The molecule has 0 unspecified atom stereocenters. The number of rotatable bonds is 5. The largest absolute Gasteiger partial charge is 0.456 e. The summed E-state index contributed by atoms with van der Waals surface area (Å²) in [7, 11) is 0. The van der Waals surface area contributed by atoms with Gasteiger partial charge in [0.05, 0.1) is 11.4 Å². The van der Waals surface area contributed by atoms with Crippen molar-refractivity contribution < 1.29 is 4.42 Å². The molecule has 0 aliphatic heterocycles. The van der Waals surface area contributed by atoms with Crippen LogP contribution in [-0.2, 0) is 10.8 Å². The summed E-state index contributed by atoms with van der Waals surface area (Å²) in [6.45, 7) is 9.47. The normalized spacial score (nSPS) is 14.4. The van der Waals surface area contributed by atoms with E-state index in [-0.39, 0.29) is 10.8 Å². The molecule has 2 heteroatoms. The van der Waals surface area contributed by atoms with E-state index >= 15 is 0 Å². The first-order valence-corrected chi connectivity index (χ1v) is 19.7. The fraction of sp³-hybridized carbons (Fsp3) is 0.111. The maximum absolute atomic E-state index is 6.43. The standard InChI is InChI=1S/C54H41NO/c1-53(2)45-25-10-6-21-43(45)51-46(53)26-15-28-48(51)55(47-27-11-7-18-37(47)35-30-31-41-40-20-8-12-29-49(40)56-50(41)33-35)36-17-13-16-34(32-36)38-22-14-23-42-39-19-5-9-24-44(39)54(3,4)52(38)42/h5-33H,1-4H3. The van der Waals surface area contributed by atoms with Crippen molar-refractivity contribution in [2.45, 2.75) is 38.5 Å². The summed E-state index contributed by atoms with van der Waals surface area (Å²) in [6, 6.07) is 64.6. The minimum Gasteiger partial charge on any atom is -0.456 e. The summed E-state index contributed by atoms with van der Waals surface area (Å²) in [5.41, 5.74) is 20.4. The smallest absolute Gasteiger partial charge is 0.136 e. The van der Waals surface area contributed by atoms with Gasteiger partial charge in [-0.15, -0.1) is 0 Å². The van der Waals surface area contributed by atoms with Crippen LogP contribution in [0.15, 0.2) is 180 Å². The minimum atomic E-state index is -0.132. The van der Waals surface area contributed by atoms with Crippen molar-refractivity contribution in [3.8, 4) is 44.5 Å². The Bertz CT molecular complexity index is 3050. The Kier molecular flexibility index (Phi) is 6.98. The first-order valence-electron chi connectivity index (χ1n) is 19.7. The average molecular weight is 720 g/mol. The summed E-state index contributed by atoms with van der Waals surface area (Å²) >= 11 is 0. The van der Waals surface area contributed by atoms with Crippen LogP contribution in [0.3, 0.4) is 0 Å². The van der Waals surface area contributed by atoms with E-state index < -0.39 is 0 Å². The molecule has 0 spiro atoms. The molecule has 0 fully saturated rings. The lowest BCUT2D eigenvalue weighted by Crippen LogP contribution is -2.17. The third-order valence-corrected chi connectivity index (χ3v) is 12.7. The van der Waals surface area contributed by atoms with Crippen LogP contribution in [0.1, 0.15) is 49.9 Å². The molecule has 9 aromatic rings. The summed E-state index contributed by atoms with van der Waals surface area (Å²) in [5, 5.41) is 2.27. The second-order valence-electron chi connectivity index (χ2n) is 16.5. The van der Waals surface area contributed by atoms with Gasteiger partial charge in [0.1, 0.15) is 11.2 Å². The molecule has 2 nitrogen and oxygen atoms in total. The predicted molar refractivity (Wildman–Crippen MR) is 234 cm³/mol. The van der Waals surface area contributed by atoms with Gasteiger partial charge in [0, 0.05) is 38.4 Å². The van der Waals surface area contributed by atoms with E-state index in [9.17, 15) is 0 Å². The van der Waals surface area contributed by atoms with Gasteiger partial charge >= 0.3 is 0 Å². The van der Waals surface area contributed by atoms with Gasteiger partial charge < -0.3 is 9.32 Å². The third-order valence-electron chi connectivity index (χ3n) is 12.7. The fourth-order valence-corrected chi connectivity index (χ4v) is 10.0. The van der Waals surface area contributed by atoms with Crippen molar-refractivity contribution in [1.29, 1.82) is 0 Å². The predicted octanol–water partition coefficient (Wildman–Crippen LogP) is 15.0. The monoisotopic (exact) mass is 719 g/mol. The van der Waals surface area contributed by atoms with Crippen molar-refractivity contribution in [3.05, 3.63) is 198 Å². The van der Waals surface area contributed by atoms with E-state index in [1.165, 1.54) is 61.3 Å². The average Bonchev–Trinajstić information content (AvgIpc) is 3.81. The molecule has 0 saturated carbocycles. The van der Waals surface area contributed by atoms with Gasteiger partial charge in [-0.25, -0.2) is 0 Å². The topological polar surface area (TPSA) is 16.4 Å². The van der Waals surface area contributed by atoms with Gasteiger partial charge in [-0.1, -0.05) is 161 Å². The molecule has 0 amide bonds. The molecule has 0 N–H and O–H groups in total. The second kappa shape index (κ2) is 11.9. The molecule has 2 aliphatic carbocycles. The lowest BCUT2D eigenvalue weighted by atomic mass is 9.79. The summed E-state index contributed by atoms with van der Waals surface area (Å²) in [6.07, 6.45) is 0. The Morgan fingerprint density at radius 1 is 0.393 bits per heavy atom. The molecule has 11 rings (SSSR count). The third kappa shape index (κ3) is 4.62. The molecule has 2 aliphatic rings. The van der Waals surface area contributed by atoms with Crippen LogP contribution in [-0.4, -0.2) is 0 Å². The van der Waals surface area contributed by atoms with Crippen molar-refractivity contribution in [1.82, 2.24) is 0 Å². The van der Waals surface area contributed by atoms with E-state index in [0.29, 0.717) is 0 Å². The van der Waals surface area contributed by atoms with Gasteiger partial charge in [0.15, 0.2) is 0 Å². The maximum Gasteiger partial charge on any atom is 0.136 e. The van der Waals surface area contributed by atoms with Crippen molar-refractivity contribution >= 4 is 39.0 Å². The minimum absolute atomic E-state index is 0.129.